The Morgan fingerprint density at radius 3 is 1.67 bits per heavy atom. The molecular weight excluding hydrogens is 709 g/mol. The first-order chi connectivity index (χ1) is 21.7. The molecule has 0 amide bonds. The zero-order chi connectivity index (χ0) is 37.2. The standard InChI is InChI=1S/C28H31F15N2O2Si/c1-5-6-14-48(3,4)15-8-7-13-47-18-11-9-17(10-12-18)19-16-44-21(45-20(19)46-2)22(29,30)23(31,32)24(33,34)25(35,36)26(37,38)27(39,40)28(41,42)43/h9-12,16H,5-8,13-15H2,1-4H3. The quantitative estimate of drug-likeness (QED) is 0.0920. The third kappa shape index (κ3) is 7.61. The van der Waals surface area contributed by atoms with Gasteiger partial charge in [0, 0.05) is 14.3 Å². The molecule has 0 unspecified atom stereocenters. The van der Waals surface area contributed by atoms with Gasteiger partial charge in [0.15, 0.2) is 0 Å². The van der Waals surface area contributed by atoms with Gasteiger partial charge in [-0.05, 0) is 24.1 Å². The van der Waals surface area contributed by atoms with Crippen molar-refractivity contribution in [2.45, 2.75) is 99.5 Å². The Balaban J connectivity index is 2.31. The lowest BCUT2D eigenvalue weighted by Crippen LogP contribution is -2.72. The highest BCUT2D eigenvalue weighted by atomic mass is 28.3. The van der Waals surface area contributed by atoms with Crippen molar-refractivity contribution in [3.63, 3.8) is 0 Å². The molecule has 0 bridgehead atoms. The zero-order valence-electron chi connectivity index (χ0n) is 25.7. The molecule has 0 fully saturated rings. The topological polar surface area (TPSA) is 44.2 Å². The van der Waals surface area contributed by atoms with Crippen LogP contribution in [0.25, 0.3) is 11.1 Å². The number of ether oxygens (including phenoxy) is 2. The molecule has 0 radical (unpaired) electrons. The van der Waals surface area contributed by atoms with Crippen molar-refractivity contribution in [3.8, 4) is 22.8 Å². The van der Waals surface area contributed by atoms with Gasteiger partial charge in [-0.15, -0.1) is 0 Å². The lowest BCUT2D eigenvalue weighted by molar-refractivity contribution is -0.454. The predicted octanol–water partition coefficient (Wildman–Crippen LogP) is 10.7. The van der Waals surface area contributed by atoms with E-state index in [0.29, 0.717) is 12.4 Å². The number of aromatic nitrogens is 2. The number of hydrogen-bond acceptors (Lipinski definition) is 4. The third-order valence-corrected chi connectivity index (χ3v) is 10.9. The van der Waals surface area contributed by atoms with E-state index in [2.05, 4.69) is 34.7 Å². The van der Waals surface area contributed by atoms with Crippen molar-refractivity contribution in [1.82, 2.24) is 9.97 Å². The molecule has 4 nitrogen and oxygen atoms in total. The van der Waals surface area contributed by atoms with Gasteiger partial charge in [0.1, 0.15) is 5.75 Å². The predicted molar refractivity (Wildman–Crippen MR) is 145 cm³/mol. The minimum atomic E-state index is -8.41. The summed E-state index contributed by atoms with van der Waals surface area (Å²) in [6, 6.07) is 7.70. The molecule has 0 spiro atoms. The number of benzene rings is 1. The van der Waals surface area contributed by atoms with E-state index in [4.69, 9.17) is 4.74 Å². The van der Waals surface area contributed by atoms with Crippen LogP contribution in [-0.2, 0) is 5.92 Å². The fraction of sp³-hybridized carbons (Fsp3) is 0.643. The van der Waals surface area contributed by atoms with Gasteiger partial charge in [0.05, 0.1) is 19.3 Å². The number of unbranched alkanes of at least 4 members (excludes halogenated alkanes) is 2. The monoisotopic (exact) mass is 740 g/mol. The Labute approximate surface area is 266 Å². The summed E-state index contributed by atoms with van der Waals surface area (Å²) in [6.45, 7) is 7.09. The van der Waals surface area contributed by atoms with Gasteiger partial charge in [0.2, 0.25) is 11.7 Å². The maximum atomic E-state index is 14.7. The Hall–Kier alpha value is -2.93. The largest absolute Gasteiger partial charge is 0.494 e. The van der Waals surface area contributed by atoms with Gasteiger partial charge < -0.3 is 9.47 Å². The van der Waals surface area contributed by atoms with Crippen LogP contribution in [0.3, 0.4) is 0 Å². The number of nitrogens with zero attached hydrogens (tertiary/aromatic N) is 2. The number of hydrogen-bond donors (Lipinski definition) is 0. The molecule has 274 valence electrons. The second-order valence-electron chi connectivity index (χ2n) is 11.7. The van der Waals surface area contributed by atoms with Crippen molar-refractivity contribution in [2.24, 2.45) is 0 Å². The van der Waals surface area contributed by atoms with E-state index in [1.54, 1.807) is 0 Å². The first-order valence-corrected chi connectivity index (χ1v) is 17.6. The molecule has 1 aromatic carbocycles. The van der Waals surface area contributed by atoms with E-state index in [1.165, 1.54) is 36.7 Å². The first-order valence-electron chi connectivity index (χ1n) is 14.1. The van der Waals surface area contributed by atoms with E-state index < -0.39 is 61.5 Å². The molecule has 0 aliphatic heterocycles. The van der Waals surface area contributed by atoms with Gasteiger partial charge in [-0.1, -0.05) is 63.5 Å². The number of methoxy groups -OCH3 is 1. The molecule has 0 atom stereocenters. The molecular formula is C28H31F15N2O2Si. The average molecular weight is 741 g/mol. The van der Waals surface area contributed by atoms with E-state index in [0.717, 1.165) is 32.4 Å². The number of alkyl halides is 15. The summed E-state index contributed by atoms with van der Waals surface area (Å²) in [5, 5.41) is 0. The normalized spacial score (nSPS) is 14.3. The zero-order valence-corrected chi connectivity index (χ0v) is 26.7. The second kappa shape index (κ2) is 14.1. The van der Waals surface area contributed by atoms with Crippen molar-refractivity contribution >= 4 is 8.07 Å². The molecule has 0 saturated carbocycles. The Morgan fingerprint density at radius 1 is 0.667 bits per heavy atom. The summed E-state index contributed by atoms with van der Waals surface area (Å²) in [5.41, 5.74) is -0.324. The van der Waals surface area contributed by atoms with Crippen molar-refractivity contribution in [1.29, 1.82) is 0 Å². The molecule has 20 heteroatoms. The minimum Gasteiger partial charge on any atom is -0.494 e. The van der Waals surface area contributed by atoms with Gasteiger partial charge in [-0.3, -0.25) is 0 Å². The highest BCUT2D eigenvalue weighted by molar-refractivity contribution is 6.77. The fourth-order valence-corrected chi connectivity index (χ4v) is 7.15. The summed E-state index contributed by atoms with van der Waals surface area (Å²) in [7, 11) is -0.585. The molecule has 0 saturated heterocycles. The van der Waals surface area contributed by atoms with Crippen LogP contribution in [0.2, 0.25) is 25.2 Å². The summed E-state index contributed by atoms with van der Waals surface area (Å²) in [6.07, 6.45) is -3.42. The smallest absolute Gasteiger partial charge is 0.460 e. The maximum Gasteiger partial charge on any atom is 0.460 e. The number of rotatable bonds is 17. The van der Waals surface area contributed by atoms with Crippen molar-refractivity contribution in [2.75, 3.05) is 13.7 Å². The van der Waals surface area contributed by atoms with Gasteiger partial charge in [-0.25, -0.2) is 4.98 Å². The molecule has 2 rings (SSSR count). The van der Waals surface area contributed by atoms with Crippen LogP contribution >= 0.6 is 0 Å². The van der Waals surface area contributed by atoms with E-state index in [-0.39, 0.29) is 17.3 Å². The van der Waals surface area contributed by atoms with Crippen LogP contribution in [-0.4, -0.2) is 67.5 Å². The van der Waals surface area contributed by atoms with E-state index >= 15 is 0 Å². The fourth-order valence-electron chi connectivity index (χ4n) is 4.38. The van der Waals surface area contributed by atoms with Gasteiger partial charge in [-0.2, -0.15) is 70.8 Å². The van der Waals surface area contributed by atoms with Crippen LogP contribution in [0.5, 0.6) is 11.6 Å². The van der Waals surface area contributed by atoms with Gasteiger partial charge >= 0.3 is 41.7 Å². The van der Waals surface area contributed by atoms with Crippen molar-refractivity contribution < 1.29 is 75.3 Å². The van der Waals surface area contributed by atoms with Crippen molar-refractivity contribution in [3.05, 3.63) is 36.3 Å². The van der Waals surface area contributed by atoms with Crippen LogP contribution in [0.15, 0.2) is 30.5 Å². The van der Waals surface area contributed by atoms with Crippen LogP contribution in [0, 0.1) is 0 Å². The van der Waals surface area contributed by atoms with Gasteiger partial charge in [0.25, 0.3) is 0 Å². The molecule has 2 aromatic rings. The molecule has 0 N–H and O–H groups in total. The molecule has 48 heavy (non-hydrogen) atoms. The van der Waals surface area contributed by atoms with Crippen LogP contribution in [0.1, 0.15) is 38.4 Å². The van der Waals surface area contributed by atoms with E-state index in [9.17, 15) is 65.9 Å². The SMILES string of the molecule is CCCC[Si](C)(C)CCCCOc1ccc(-c2cnc(C(F)(F)C(F)(F)C(F)(F)C(F)(F)C(F)(F)C(F)(F)C(F)(F)F)nc2OC)cc1. The highest BCUT2D eigenvalue weighted by Gasteiger charge is 2.93. The summed E-state index contributed by atoms with van der Waals surface area (Å²) in [4.78, 5) is 5.53. The summed E-state index contributed by atoms with van der Waals surface area (Å²) >= 11 is 0. The Bertz CT molecular complexity index is 1370. The number of halogens is 15. The Kier molecular flexibility index (Phi) is 12.1. The third-order valence-electron chi connectivity index (χ3n) is 7.44. The molecule has 0 aliphatic rings. The summed E-state index contributed by atoms with van der Waals surface area (Å²) in [5.74, 6) is -51.1. The van der Waals surface area contributed by atoms with Crippen LogP contribution < -0.4 is 9.47 Å². The van der Waals surface area contributed by atoms with E-state index in [1.807, 2.05) is 0 Å². The average Bonchev–Trinajstić information content (AvgIpc) is 2.98. The molecule has 1 aromatic heterocycles. The minimum absolute atomic E-state index is 0.0374. The Morgan fingerprint density at radius 2 is 1.17 bits per heavy atom. The lowest BCUT2D eigenvalue weighted by Gasteiger charge is -2.41. The molecule has 0 aliphatic carbocycles. The lowest BCUT2D eigenvalue weighted by atomic mass is 9.91. The molecule has 1 heterocycles. The highest BCUT2D eigenvalue weighted by Crippen LogP contribution is 2.63. The first kappa shape index (κ1) is 41.2. The maximum absolute atomic E-state index is 14.7. The second-order valence-corrected chi connectivity index (χ2v) is 17.0. The summed E-state index contributed by atoms with van der Waals surface area (Å²) < 4.78 is 214. The van der Waals surface area contributed by atoms with Crippen LogP contribution in [0.4, 0.5) is 65.9 Å².